The predicted molar refractivity (Wildman–Crippen MR) is 95.8 cm³/mol. The van der Waals surface area contributed by atoms with E-state index in [9.17, 15) is 14.7 Å². The summed E-state index contributed by atoms with van der Waals surface area (Å²) in [6.07, 6.45) is -1.10. The molecule has 0 saturated heterocycles. The first kappa shape index (κ1) is 17.4. The summed E-state index contributed by atoms with van der Waals surface area (Å²) in [7, 11) is 0. The van der Waals surface area contributed by atoms with Crippen molar-refractivity contribution in [3.05, 3.63) is 73.7 Å². The number of hydrogen-bond donors (Lipinski definition) is 3. The zero-order valence-electron chi connectivity index (χ0n) is 12.8. The fraction of sp³-hybridized carbons (Fsp3) is 0.118. The largest absolute Gasteiger partial charge is 0.378 e. The molecular formula is C17H13Cl2N3O3. The van der Waals surface area contributed by atoms with Gasteiger partial charge in [-0.15, -0.1) is 0 Å². The summed E-state index contributed by atoms with van der Waals surface area (Å²) in [5.41, 5.74) is 6.23. The van der Waals surface area contributed by atoms with Crippen LogP contribution in [-0.4, -0.2) is 21.0 Å². The Labute approximate surface area is 152 Å². The Balaban J connectivity index is 1.99. The minimum absolute atomic E-state index is 0.240. The lowest BCUT2D eigenvalue weighted by Gasteiger charge is -2.08. The smallest absolute Gasteiger partial charge is 0.258 e. The van der Waals surface area contributed by atoms with Crippen LogP contribution in [0.4, 0.5) is 0 Å². The van der Waals surface area contributed by atoms with E-state index in [2.05, 4.69) is 9.97 Å². The van der Waals surface area contributed by atoms with Crippen molar-refractivity contribution in [2.45, 2.75) is 12.5 Å². The monoisotopic (exact) mass is 377 g/mol. The van der Waals surface area contributed by atoms with E-state index >= 15 is 0 Å². The highest BCUT2D eigenvalue weighted by Crippen LogP contribution is 2.23. The number of aliphatic hydroxyl groups is 1. The molecule has 1 heterocycles. The van der Waals surface area contributed by atoms with E-state index < -0.39 is 12.0 Å². The zero-order chi connectivity index (χ0) is 18.1. The third-order valence-corrected chi connectivity index (χ3v) is 4.46. The normalized spacial score (nSPS) is 12.3. The highest BCUT2D eigenvalue weighted by Gasteiger charge is 2.15. The van der Waals surface area contributed by atoms with Crippen LogP contribution in [0.25, 0.3) is 10.9 Å². The molecule has 0 spiro atoms. The SMILES string of the molecule is NC(=O)C(O)c1ccc2nc(Cc3ccc(Cl)c(Cl)c3)[nH]c(=O)c2c1. The van der Waals surface area contributed by atoms with Gasteiger partial charge in [-0.3, -0.25) is 9.59 Å². The van der Waals surface area contributed by atoms with Gasteiger partial charge in [0.1, 0.15) is 5.82 Å². The number of aromatic nitrogens is 2. The Hall–Kier alpha value is -2.41. The average Bonchev–Trinajstić information content (AvgIpc) is 2.57. The first-order valence-corrected chi connectivity index (χ1v) is 8.05. The van der Waals surface area contributed by atoms with E-state index in [1.807, 2.05) is 0 Å². The first-order chi connectivity index (χ1) is 11.8. The van der Waals surface area contributed by atoms with Crippen molar-refractivity contribution in [2.75, 3.05) is 0 Å². The van der Waals surface area contributed by atoms with Crippen LogP contribution in [-0.2, 0) is 11.2 Å². The minimum Gasteiger partial charge on any atom is -0.378 e. The number of hydrogen-bond acceptors (Lipinski definition) is 4. The highest BCUT2D eigenvalue weighted by atomic mass is 35.5. The molecule has 0 radical (unpaired) electrons. The number of halogens is 2. The van der Waals surface area contributed by atoms with Crippen LogP contribution < -0.4 is 11.3 Å². The van der Waals surface area contributed by atoms with Crippen LogP contribution in [0, 0.1) is 0 Å². The second-order valence-corrected chi connectivity index (χ2v) is 6.33. The summed E-state index contributed by atoms with van der Waals surface area (Å²) >= 11 is 11.9. The number of nitrogens with one attached hydrogen (secondary N) is 1. The van der Waals surface area contributed by atoms with Gasteiger partial charge in [-0.25, -0.2) is 4.98 Å². The maximum atomic E-state index is 12.3. The second-order valence-electron chi connectivity index (χ2n) is 5.52. The lowest BCUT2D eigenvalue weighted by molar-refractivity contribution is -0.126. The number of aliphatic hydroxyl groups excluding tert-OH is 1. The van der Waals surface area contributed by atoms with Gasteiger partial charge in [-0.1, -0.05) is 35.3 Å². The van der Waals surface area contributed by atoms with Gasteiger partial charge in [0.25, 0.3) is 11.5 Å². The van der Waals surface area contributed by atoms with Crippen molar-refractivity contribution in [1.29, 1.82) is 0 Å². The van der Waals surface area contributed by atoms with Gasteiger partial charge in [0, 0.05) is 6.42 Å². The van der Waals surface area contributed by atoms with Gasteiger partial charge in [-0.05, 0) is 35.4 Å². The van der Waals surface area contributed by atoms with Gasteiger partial charge in [-0.2, -0.15) is 0 Å². The van der Waals surface area contributed by atoms with Crippen LogP contribution in [0.1, 0.15) is 23.1 Å². The number of benzene rings is 2. The number of amides is 1. The van der Waals surface area contributed by atoms with E-state index in [4.69, 9.17) is 28.9 Å². The molecule has 25 heavy (non-hydrogen) atoms. The molecule has 0 aliphatic heterocycles. The van der Waals surface area contributed by atoms with E-state index in [1.54, 1.807) is 24.3 Å². The minimum atomic E-state index is -1.47. The van der Waals surface area contributed by atoms with Crippen LogP contribution >= 0.6 is 23.2 Å². The van der Waals surface area contributed by atoms with E-state index in [1.165, 1.54) is 12.1 Å². The van der Waals surface area contributed by atoms with E-state index in [-0.39, 0.29) is 16.5 Å². The number of nitrogens with two attached hydrogens (primary N) is 1. The van der Waals surface area contributed by atoms with Crippen molar-refractivity contribution < 1.29 is 9.90 Å². The molecule has 6 nitrogen and oxygen atoms in total. The number of primary amides is 1. The summed E-state index contributed by atoms with van der Waals surface area (Å²) in [6, 6.07) is 9.65. The molecule has 1 aromatic heterocycles. The van der Waals surface area contributed by atoms with Crippen molar-refractivity contribution in [1.82, 2.24) is 9.97 Å². The molecule has 1 amide bonds. The topological polar surface area (TPSA) is 109 Å². The van der Waals surface area contributed by atoms with E-state index in [0.29, 0.717) is 27.8 Å². The molecule has 3 rings (SSSR count). The molecule has 4 N–H and O–H groups in total. The summed E-state index contributed by atoms with van der Waals surface area (Å²) in [5, 5.41) is 10.8. The number of nitrogens with zero attached hydrogens (tertiary/aromatic N) is 1. The maximum absolute atomic E-state index is 12.3. The Kier molecular flexibility index (Phi) is 4.76. The van der Waals surface area contributed by atoms with Crippen LogP contribution in [0.15, 0.2) is 41.2 Å². The van der Waals surface area contributed by atoms with Gasteiger partial charge in [0.15, 0.2) is 6.10 Å². The molecule has 3 aromatic rings. The molecule has 0 aliphatic carbocycles. The Morgan fingerprint density at radius 1 is 1.20 bits per heavy atom. The third-order valence-electron chi connectivity index (χ3n) is 3.72. The summed E-state index contributed by atoms with van der Waals surface area (Å²) in [6.45, 7) is 0. The van der Waals surface area contributed by atoms with Gasteiger partial charge in [0.05, 0.1) is 20.9 Å². The zero-order valence-corrected chi connectivity index (χ0v) is 14.3. The first-order valence-electron chi connectivity index (χ1n) is 7.29. The quantitative estimate of drug-likeness (QED) is 0.647. The molecule has 2 aromatic carbocycles. The summed E-state index contributed by atoms with van der Waals surface area (Å²) < 4.78 is 0. The average molecular weight is 378 g/mol. The van der Waals surface area contributed by atoms with Crippen molar-refractivity contribution in [3.63, 3.8) is 0 Å². The van der Waals surface area contributed by atoms with Gasteiger partial charge >= 0.3 is 0 Å². The number of carbonyl (C=O) groups excluding carboxylic acids is 1. The highest BCUT2D eigenvalue weighted by molar-refractivity contribution is 6.42. The predicted octanol–water partition coefficient (Wildman–Crippen LogP) is 2.34. The van der Waals surface area contributed by atoms with Gasteiger partial charge < -0.3 is 15.8 Å². The Bertz CT molecular complexity index is 1030. The molecule has 0 saturated carbocycles. The second kappa shape index (κ2) is 6.84. The third kappa shape index (κ3) is 3.66. The van der Waals surface area contributed by atoms with Crippen LogP contribution in [0.2, 0.25) is 10.0 Å². The molecule has 1 unspecified atom stereocenters. The number of H-pyrrole nitrogens is 1. The number of carbonyl (C=O) groups is 1. The Morgan fingerprint density at radius 3 is 2.64 bits per heavy atom. The van der Waals surface area contributed by atoms with Crippen LogP contribution in [0.5, 0.6) is 0 Å². The molecule has 8 heteroatoms. The molecule has 128 valence electrons. The molecular weight excluding hydrogens is 365 g/mol. The van der Waals surface area contributed by atoms with Crippen molar-refractivity contribution in [2.24, 2.45) is 5.73 Å². The summed E-state index contributed by atoms with van der Waals surface area (Å²) in [4.78, 5) is 30.5. The number of aromatic amines is 1. The fourth-order valence-electron chi connectivity index (χ4n) is 2.47. The standard InChI is InChI=1S/C17H13Cl2N3O3/c18-11-3-1-8(5-12(11)19)6-14-21-13-4-2-9(15(23)16(20)24)7-10(13)17(25)22-14/h1-5,7,15,23H,6H2,(H2,20,24)(H,21,22,25). The lowest BCUT2D eigenvalue weighted by Crippen LogP contribution is -2.21. The van der Waals surface area contributed by atoms with Crippen molar-refractivity contribution in [3.8, 4) is 0 Å². The molecule has 0 bridgehead atoms. The fourth-order valence-corrected chi connectivity index (χ4v) is 2.79. The number of rotatable bonds is 4. The maximum Gasteiger partial charge on any atom is 0.258 e. The summed E-state index contributed by atoms with van der Waals surface area (Å²) in [5.74, 6) is -0.431. The Morgan fingerprint density at radius 2 is 1.96 bits per heavy atom. The van der Waals surface area contributed by atoms with Gasteiger partial charge in [0.2, 0.25) is 0 Å². The molecule has 0 aliphatic rings. The van der Waals surface area contributed by atoms with Crippen LogP contribution in [0.3, 0.4) is 0 Å². The van der Waals surface area contributed by atoms with E-state index in [0.717, 1.165) is 5.56 Å². The number of fused-ring (bicyclic) bond motifs is 1. The lowest BCUT2D eigenvalue weighted by atomic mass is 10.1. The molecule has 0 fully saturated rings. The van der Waals surface area contributed by atoms with Crippen molar-refractivity contribution >= 4 is 40.0 Å². The molecule has 1 atom stereocenters.